The Morgan fingerprint density at radius 1 is 1.11 bits per heavy atom. The van der Waals surface area contributed by atoms with Crippen molar-refractivity contribution >= 4 is 12.0 Å². The Morgan fingerprint density at radius 3 is 2.63 bits per heavy atom. The molecule has 4 atom stereocenters. The highest BCUT2D eigenvalue weighted by atomic mass is 16.6. The molecule has 2 amide bonds. The van der Waals surface area contributed by atoms with Gasteiger partial charge in [0.1, 0.15) is 17.7 Å². The number of carbonyl (C=O) groups excluding carboxylic acids is 2. The molecule has 1 N–H and O–H groups in total. The van der Waals surface area contributed by atoms with Crippen molar-refractivity contribution in [3.05, 3.63) is 59.2 Å². The third-order valence-electron chi connectivity index (χ3n) is 7.51. The maximum atomic E-state index is 13.3. The third-order valence-corrected chi connectivity index (χ3v) is 7.51. The van der Waals surface area contributed by atoms with Crippen molar-refractivity contribution in [1.82, 2.24) is 10.2 Å². The van der Waals surface area contributed by atoms with Crippen LogP contribution in [0.25, 0.3) is 11.1 Å². The number of nitriles is 1. The predicted octanol–water partition coefficient (Wildman–Crippen LogP) is 4.79. The summed E-state index contributed by atoms with van der Waals surface area (Å²) in [4.78, 5) is 27.9. The molecule has 2 fully saturated rings. The summed E-state index contributed by atoms with van der Waals surface area (Å²) in [6.07, 6.45) is 4.62. The standard InChI is InChI=1S/C29H33N3O3/c1-29(2,3)35-28(34)32-23-12-11-21(16-23)26(32)27(33)31-22(17-30)15-18-8-13-25-20(14-18)10-9-19-6-4-5-7-24(19)25/h4-8,13-14,21-23,26H,9-12,15-16H2,1-3H3,(H,31,33)/t21?,22?,23?,26-/m0/s1. The molecular formula is C29H33N3O3. The van der Waals surface area contributed by atoms with Gasteiger partial charge in [0.05, 0.1) is 6.07 Å². The fourth-order valence-corrected chi connectivity index (χ4v) is 6.04. The maximum Gasteiger partial charge on any atom is 0.411 e. The van der Waals surface area contributed by atoms with Crippen LogP contribution in [-0.4, -0.2) is 40.6 Å². The lowest BCUT2D eigenvalue weighted by atomic mass is 9.84. The summed E-state index contributed by atoms with van der Waals surface area (Å²) in [6, 6.07) is 15.9. The summed E-state index contributed by atoms with van der Waals surface area (Å²) in [5.74, 6) is -0.128. The van der Waals surface area contributed by atoms with Crippen LogP contribution < -0.4 is 5.32 Å². The van der Waals surface area contributed by atoms with E-state index in [1.807, 2.05) is 20.8 Å². The maximum absolute atomic E-state index is 13.3. The van der Waals surface area contributed by atoms with E-state index in [9.17, 15) is 14.9 Å². The molecule has 1 saturated carbocycles. The lowest BCUT2D eigenvalue weighted by molar-refractivity contribution is -0.128. The van der Waals surface area contributed by atoms with Gasteiger partial charge < -0.3 is 10.1 Å². The molecule has 1 heterocycles. The zero-order valence-corrected chi connectivity index (χ0v) is 20.7. The topological polar surface area (TPSA) is 82.4 Å². The van der Waals surface area contributed by atoms with E-state index in [1.165, 1.54) is 22.3 Å². The van der Waals surface area contributed by atoms with Gasteiger partial charge in [-0.05, 0) is 86.6 Å². The molecule has 2 aliphatic carbocycles. The van der Waals surface area contributed by atoms with E-state index in [0.29, 0.717) is 6.42 Å². The number of nitrogens with zero attached hydrogens (tertiary/aromatic N) is 2. The zero-order chi connectivity index (χ0) is 24.7. The van der Waals surface area contributed by atoms with Crippen molar-refractivity contribution in [2.75, 3.05) is 0 Å². The first kappa shape index (κ1) is 23.4. The third kappa shape index (κ3) is 4.65. The van der Waals surface area contributed by atoms with Crippen LogP contribution in [0.15, 0.2) is 42.5 Å². The first-order valence-electron chi connectivity index (χ1n) is 12.6. The predicted molar refractivity (Wildman–Crippen MR) is 134 cm³/mol. The van der Waals surface area contributed by atoms with E-state index in [0.717, 1.165) is 37.7 Å². The fourth-order valence-electron chi connectivity index (χ4n) is 6.04. The highest BCUT2D eigenvalue weighted by Gasteiger charge is 2.52. The molecule has 0 aromatic heterocycles. The summed E-state index contributed by atoms with van der Waals surface area (Å²) in [5, 5.41) is 12.8. The molecule has 3 aliphatic rings. The normalized spacial score (nSPS) is 23.1. The van der Waals surface area contributed by atoms with Gasteiger partial charge in [0, 0.05) is 12.5 Å². The average molecular weight is 472 g/mol. The van der Waals surface area contributed by atoms with E-state index >= 15 is 0 Å². The molecular weight excluding hydrogens is 438 g/mol. The van der Waals surface area contributed by atoms with Crippen molar-refractivity contribution in [2.45, 2.75) is 83.0 Å². The lowest BCUT2D eigenvalue weighted by Gasteiger charge is -2.35. The molecule has 35 heavy (non-hydrogen) atoms. The van der Waals surface area contributed by atoms with Crippen molar-refractivity contribution in [2.24, 2.45) is 5.92 Å². The summed E-state index contributed by atoms with van der Waals surface area (Å²) >= 11 is 0. The highest BCUT2D eigenvalue weighted by molar-refractivity contribution is 5.87. The molecule has 0 radical (unpaired) electrons. The quantitative estimate of drug-likeness (QED) is 0.695. The Hall–Kier alpha value is -3.33. The average Bonchev–Trinajstić information content (AvgIpc) is 3.44. The van der Waals surface area contributed by atoms with Crippen molar-refractivity contribution < 1.29 is 14.3 Å². The second kappa shape index (κ2) is 9.03. The number of aryl methyl sites for hydroxylation is 2. The van der Waals surface area contributed by atoms with Gasteiger partial charge in [-0.15, -0.1) is 0 Å². The van der Waals surface area contributed by atoms with Crippen LogP contribution in [0.5, 0.6) is 0 Å². The molecule has 182 valence electrons. The second-order valence-corrected chi connectivity index (χ2v) is 11.1. The summed E-state index contributed by atoms with van der Waals surface area (Å²) in [5.41, 5.74) is 5.60. The molecule has 1 saturated heterocycles. The van der Waals surface area contributed by atoms with Crippen LogP contribution >= 0.6 is 0 Å². The number of likely N-dealkylation sites (tertiary alicyclic amines) is 1. The minimum absolute atomic E-state index is 0.0367. The first-order chi connectivity index (χ1) is 16.7. The highest BCUT2D eigenvalue weighted by Crippen LogP contribution is 2.43. The molecule has 5 rings (SSSR count). The van der Waals surface area contributed by atoms with Gasteiger partial charge in [-0.25, -0.2) is 4.79 Å². The van der Waals surface area contributed by atoms with Gasteiger partial charge in [-0.1, -0.05) is 42.5 Å². The molecule has 3 unspecified atom stereocenters. The molecule has 2 bridgehead atoms. The smallest absolute Gasteiger partial charge is 0.411 e. The van der Waals surface area contributed by atoms with Crippen molar-refractivity contribution in [1.29, 1.82) is 5.26 Å². The SMILES string of the molecule is CC(C)(C)OC(=O)N1C2CCC(C2)[C@H]1C(=O)NC(C#N)Cc1ccc2c(c1)CCc1ccccc1-2. The number of nitrogens with one attached hydrogen (secondary N) is 1. The molecule has 2 aromatic carbocycles. The number of benzene rings is 2. The summed E-state index contributed by atoms with van der Waals surface area (Å²) < 4.78 is 5.60. The largest absolute Gasteiger partial charge is 0.444 e. The monoisotopic (exact) mass is 471 g/mol. The minimum Gasteiger partial charge on any atom is -0.444 e. The van der Waals surface area contributed by atoms with Crippen molar-refractivity contribution in [3.8, 4) is 17.2 Å². The molecule has 0 spiro atoms. The number of amides is 2. The van der Waals surface area contributed by atoms with E-state index < -0.39 is 23.8 Å². The van der Waals surface area contributed by atoms with E-state index in [-0.39, 0.29) is 17.9 Å². The second-order valence-electron chi connectivity index (χ2n) is 11.1. The minimum atomic E-state index is -0.656. The van der Waals surface area contributed by atoms with Gasteiger partial charge >= 0.3 is 6.09 Å². The summed E-state index contributed by atoms with van der Waals surface area (Å²) in [6.45, 7) is 5.49. The Balaban J connectivity index is 1.29. The van der Waals surface area contributed by atoms with Gasteiger partial charge in [0.25, 0.3) is 0 Å². The number of ether oxygens (including phenoxy) is 1. The van der Waals surface area contributed by atoms with E-state index in [1.54, 1.807) is 4.90 Å². The number of hydrogen-bond acceptors (Lipinski definition) is 4. The number of fused-ring (bicyclic) bond motifs is 5. The van der Waals surface area contributed by atoms with Crippen molar-refractivity contribution in [3.63, 3.8) is 0 Å². The number of piperidine rings is 1. The van der Waals surface area contributed by atoms with Crippen LogP contribution in [0.1, 0.15) is 56.7 Å². The van der Waals surface area contributed by atoms with Crippen LogP contribution in [0, 0.1) is 17.2 Å². The van der Waals surface area contributed by atoms with Gasteiger partial charge in [-0.2, -0.15) is 5.26 Å². The van der Waals surface area contributed by atoms with Gasteiger partial charge in [0.2, 0.25) is 5.91 Å². The van der Waals surface area contributed by atoms with Crippen LogP contribution in [0.3, 0.4) is 0 Å². The van der Waals surface area contributed by atoms with Crippen LogP contribution in [0.2, 0.25) is 0 Å². The lowest BCUT2D eigenvalue weighted by Crippen LogP contribution is -2.55. The Bertz CT molecular complexity index is 1190. The van der Waals surface area contributed by atoms with E-state index in [4.69, 9.17) is 4.74 Å². The molecule has 1 aliphatic heterocycles. The Morgan fingerprint density at radius 2 is 1.86 bits per heavy atom. The fraction of sp³-hybridized carbons (Fsp3) is 0.483. The summed E-state index contributed by atoms with van der Waals surface area (Å²) in [7, 11) is 0. The van der Waals surface area contributed by atoms with Gasteiger partial charge in [0.15, 0.2) is 0 Å². The van der Waals surface area contributed by atoms with Crippen LogP contribution in [0.4, 0.5) is 4.79 Å². The number of rotatable bonds is 4. The first-order valence-corrected chi connectivity index (χ1v) is 12.6. The Labute approximate surface area is 207 Å². The molecule has 6 nitrogen and oxygen atoms in total. The number of carbonyl (C=O) groups is 2. The zero-order valence-electron chi connectivity index (χ0n) is 20.7. The number of hydrogen-bond donors (Lipinski definition) is 1. The van der Waals surface area contributed by atoms with Gasteiger partial charge in [-0.3, -0.25) is 9.69 Å². The van der Waals surface area contributed by atoms with Crippen LogP contribution in [-0.2, 0) is 28.8 Å². The Kier molecular flexibility index (Phi) is 6.04. The molecule has 6 heteroatoms. The molecule has 2 aromatic rings. The van der Waals surface area contributed by atoms with E-state index in [2.05, 4.69) is 53.9 Å².